The van der Waals surface area contributed by atoms with E-state index in [9.17, 15) is 13.2 Å². The Morgan fingerprint density at radius 1 is 1.24 bits per heavy atom. The summed E-state index contributed by atoms with van der Waals surface area (Å²) in [5.74, 6) is 1.03. The molecule has 0 aliphatic heterocycles. The van der Waals surface area contributed by atoms with Crippen molar-refractivity contribution in [2.45, 2.75) is 57.2 Å². The molecule has 2 aromatic heterocycles. The van der Waals surface area contributed by atoms with Crippen molar-refractivity contribution in [1.29, 1.82) is 0 Å². The number of anilines is 2. The zero-order valence-corrected chi connectivity index (χ0v) is 22.5. The summed E-state index contributed by atoms with van der Waals surface area (Å²) < 4.78 is 27.7. The highest BCUT2D eigenvalue weighted by atomic mass is 35.5. The minimum atomic E-state index is -3.47. The number of carboxylic acid groups (broad SMARTS) is 1. The van der Waals surface area contributed by atoms with Crippen molar-refractivity contribution in [3.8, 4) is 22.6 Å². The summed E-state index contributed by atoms with van der Waals surface area (Å²) in [6.07, 6.45) is 1.78. The normalized spacial score (nSPS) is 14.7. The Morgan fingerprint density at radius 2 is 1.97 bits per heavy atom. The number of imidazole rings is 1. The number of aromatic nitrogens is 4. The molecule has 1 atom stereocenters. The summed E-state index contributed by atoms with van der Waals surface area (Å²) in [5.41, 5.74) is 2.40. The van der Waals surface area contributed by atoms with Gasteiger partial charge in [0.2, 0.25) is 16.0 Å². The molecule has 3 aromatic rings. The van der Waals surface area contributed by atoms with E-state index in [0.717, 1.165) is 0 Å². The molecule has 0 radical (unpaired) electrons. The average Bonchev–Trinajstić information content (AvgIpc) is 3.55. The minimum Gasteiger partial charge on any atom is -0.465 e. The largest absolute Gasteiger partial charge is 0.465 e. The third kappa shape index (κ3) is 6.69. The number of halogens is 1. The highest BCUT2D eigenvalue weighted by Gasteiger charge is 2.36. The van der Waals surface area contributed by atoms with E-state index < -0.39 is 16.1 Å². The van der Waals surface area contributed by atoms with Crippen LogP contribution in [0, 0.1) is 0 Å². The predicted molar refractivity (Wildman–Crippen MR) is 143 cm³/mol. The fourth-order valence-corrected chi connectivity index (χ4v) is 5.23. The molecule has 11 nitrogen and oxygen atoms in total. The predicted octanol–water partition coefficient (Wildman–Crippen LogP) is 4.46. The van der Waals surface area contributed by atoms with Crippen molar-refractivity contribution in [1.82, 2.24) is 25.3 Å². The Balaban J connectivity index is 1.71. The molecule has 1 unspecified atom stereocenters. The smallest absolute Gasteiger partial charge is 0.404 e. The second-order valence-corrected chi connectivity index (χ2v) is 12.5. The van der Waals surface area contributed by atoms with E-state index in [4.69, 9.17) is 21.7 Å². The Hall–Kier alpha value is -3.38. The van der Waals surface area contributed by atoms with Gasteiger partial charge in [-0.2, -0.15) is 0 Å². The summed E-state index contributed by atoms with van der Waals surface area (Å²) in [6, 6.07) is 6.37. The van der Waals surface area contributed by atoms with Gasteiger partial charge in [0.15, 0.2) is 0 Å². The second-order valence-electron chi connectivity index (χ2n) is 10.1. The number of carbonyl (C=O) groups is 1. The molecule has 1 aliphatic carbocycles. The van der Waals surface area contributed by atoms with Crippen LogP contribution >= 0.6 is 11.6 Å². The molecule has 13 heteroatoms. The molecular formula is C24H30ClN7O4S. The van der Waals surface area contributed by atoms with Gasteiger partial charge < -0.3 is 20.7 Å². The number of aromatic amines is 1. The summed E-state index contributed by atoms with van der Waals surface area (Å²) >= 11 is 6.39. The van der Waals surface area contributed by atoms with Crippen LogP contribution in [-0.4, -0.2) is 57.4 Å². The van der Waals surface area contributed by atoms with Gasteiger partial charge in [0.25, 0.3) is 0 Å². The van der Waals surface area contributed by atoms with E-state index in [-0.39, 0.29) is 23.3 Å². The van der Waals surface area contributed by atoms with E-state index >= 15 is 0 Å². The topological polar surface area (TPSA) is 162 Å². The van der Waals surface area contributed by atoms with Gasteiger partial charge in [-0.3, -0.25) is 4.72 Å². The molecule has 2 heterocycles. The molecule has 1 saturated carbocycles. The van der Waals surface area contributed by atoms with Crippen molar-refractivity contribution in [2.24, 2.45) is 0 Å². The van der Waals surface area contributed by atoms with Gasteiger partial charge in [0.1, 0.15) is 5.82 Å². The third-order valence-corrected chi connectivity index (χ3v) is 7.74. The number of H-pyrrole nitrogens is 1. The molecule has 0 spiro atoms. The van der Waals surface area contributed by atoms with Gasteiger partial charge in [0, 0.05) is 34.8 Å². The zero-order chi connectivity index (χ0) is 27.0. The molecule has 198 valence electrons. The number of amides is 1. The molecular weight excluding hydrogens is 518 g/mol. The van der Waals surface area contributed by atoms with E-state index in [2.05, 4.69) is 30.3 Å². The SMILES string of the molecule is CC(CNc1nccc(-c2[nH]c(C(C)(C)C)nc2-c2cc(Cl)cc(NS(=O)(=O)C3CC3)c2)n1)NC(=O)O. The summed E-state index contributed by atoms with van der Waals surface area (Å²) in [5, 5.41) is 14.3. The highest BCUT2D eigenvalue weighted by molar-refractivity contribution is 7.93. The standard InChI is InChI=1S/C24H30ClN7O4S/c1-13(28-23(33)34)12-27-22-26-8-7-18(29-22)20-19(30-21(31-20)24(2,3)4)14-9-15(25)11-16(10-14)32-37(35,36)17-5-6-17/h7-11,13,17,28,32H,5-6,12H2,1-4H3,(H,30,31)(H,33,34)(H,26,27,29). The number of rotatable bonds is 9. The van der Waals surface area contributed by atoms with Gasteiger partial charge in [-0.15, -0.1) is 0 Å². The Labute approximate surface area is 220 Å². The van der Waals surface area contributed by atoms with Gasteiger partial charge in [0.05, 0.1) is 28.0 Å². The molecule has 37 heavy (non-hydrogen) atoms. The first kappa shape index (κ1) is 26.7. The van der Waals surface area contributed by atoms with Crippen LogP contribution in [0.3, 0.4) is 0 Å². The highest BCUT2D eigenvalue weighted by Crippen LogP contribution is 2.36. The van der Waals surface area contributed by atoms with Gasteiger partial charge in [-0.25, -0.2) is 28.2 Å². The van der Waals surface area contributed by atoms with Crippen molar-refractivity contribution in [2.75, 3.05) is 16.6 Å². The first-order chi connectivity index (χ1) is 17.3. The van der Waals surface area contributed by atoms with Crippen molar-refractivity contribution < 1.29 is 18.3 Å². The summed E-state index contributed by atoms with van der Waals surface area (Å²) in [6.45, 7) is 8.09. The van der Waals surface area contributed by atoms with Crippen LogP contribution in [-0.2, 0) is 15.4 Å². The number of hydrogen-bond donors (Lipinski definition) is 5. The molecule has 0 bridgehead atoms. The minimum absolute atomic E-state index is 0.289. The maximum Gasteiger partial charge on any atom is 0.404 e. The van der Waals surface area contributed by atoms with Crippen LogP contribution < -0.4 is 15.4 Å². The first-order valence-electron chi connectivity index (χ1n) is 11.8. The van der Waals surface area contributed by atoms with Crippen LogP contribution in [0.1, 0.15) is 46.4 Å². The van der Waals surface area contributed by atoms with Crippen LogP contribution in [0.2, 0.25) is 5.02 Å². The van der Waals surface area contributed by atoms with Crippen LogP contribution in [0.5, 0.6) is 0 Å². The van der Waals surface area contributed by atoms with E-state index in [1.165, 1.54) is 0 Å². The number of nitrogens with zero attached hydrogens (tertiary/aromatic N) is 3. The van der Waals surface area contributed by atoms with Crippen molar-refractivity contribution >= 4 is 39.4 Å². The van der Waals surface area contributed by atoms with Crippen molar-refractivity contribution in [3.05, 3.63) is 41.3 Å². The lowest BCUT2D eigenvalue weighted by molar-refractivity contribution is 0.191. The van der Waals surface area contributed by atoms with Gasteiger partial charge in [-0.1, -0.05) is 32.4 Å². The van der Waals surface area contributed by atoms with Gasteiger partial charge in [-0.05, 0) is 44.0 Å². The lowest BCUT2D eigenvalue weighted by Gasteiger charge is -2.14. The third-order valence-electron chi connectivity index (χ3n) is 5.66. The Morgan fingerprint density at radius 3 is 2.62 bits per heavy atom. The van der Waals surface area contributed by atoms with E-state index in [0.29, 0.717) is 58.0 Å². The fraction of sp³-hybridized carbons (Fsp3) is 0.417. The second kappa shape index (κ2) is 10.2. The monoisotopic (exact) mass is 547 g/mol. The maximum absolute atomic E-state index is 12.5. The number of hydrogen-bond acceptors (Lipinski definition) is 7. The van der Waals surface area contributed by atoms with Gasteiger partial charge >= 0.3 is 6.09 Å². The average molecular weight is 548 g/mol. The maximum atomic E-state index is 12.5. The fourth-order valence-electron chi connectivity index (χ4n) is 3.62. The van der Waals surface area contributed by atoms with E-state index in [1.54, 1.807) is 37.4 Å². The first-order valence-corrected chi connectivity index (χ1v) is 13.7. The molecule has 4 rings (SSSR count). The molecule has 1 fully saturated rings. The van der Waals surface area contributed by atoms with Crippen LogP contribution in [0.15, 0.2) is 30.5 Å². The number of sulfonamides is 1. The van der Waals surface area contributed by atoms with Crippen molar-refractivity contribution in [3.63, 3.8) is 0 Å². The Kier molecular flexibility index (Phi) is 7.33. The number of nitrogens with one attached hydrogen (secondary N) is 4. The van der Waals surface area contributed by atoms with Crippen LogP contribution in [0.25, 0.3) is 22.6 Å². The lowest BCUT2D eigenvalue weighted by atomic mass is 9.96. The molecule has 5 N–H and O–H groups in total. The quantitative estimate of drug-likeness (QED) is 0.262. The Bertz CT molecular complexity index is 1410. The lowest BCUT2D eigenvalue weighted by Crippen LogP contribution is -2.36. The summed E-state index contributed by atoms with van der Waals surface area (Å²) in [4.78, 5) is 27.9. The molecule has 0 saturated heterocycles. The zero-order valence-electron chi connectivity index (χ0n) is 21.0. The van der Waals surface area contributed by atoms with Crippen LogP contribution in [0.4, 0.5) is 16.4 Å². The number of benzene rings is 1. The summed E-state index contributed by atoms with van der Waals surface area (Å²) in [7, 11) is -3.47. The molecule has 1 aromatic carbocycles. The molecule has 1 amide bonds. The van der Waals surface area contributed by atoms with E-state index in [1.807, 2.05) is 20.8 Å². The molecule has 1 aliphatic rings.